The molecule has 2 N–H and O–H groups in total. The van der Waals surface area contributed by atoms with Gasteiger partial charge in [0.1, 0.15) is 5.69 Å². The summed E-state index contributed by atoms with van der Waals surface area (Å²) in [5, 5.41) is 16.1. The zero-order valence-corrected chi connectivity index (χ0v) is 14.9. The van der Waals surface area contributed by atoms with Crippen LogP contribution in [0.2, 0.25) is 0 Å². The van der Waals surface area contributed by atoms with Gasteiger partial charge in [0.15, 0.2) is 0 Å². The molecule has 150 valence electrons. The van der Waals surface area contributed by atoms with Crippen LogP contribution in [0.25, 0.3) is 0 Å². The predicted octanol–water partition coefficient (Wildman–Crippen LogP) is 2.40. The molecule has 0 heterocycles. The van der Waals surface area contributed by atoms with Gasteiger partial charge in [-0.05, 0) is 18.6 Å². The fourth-order valence-electron chi connectivity index (χ4n) is 2.23. The fraction of sp³-hybridized carbons (Fsp3) is 0.500. The normalized spacial score (nSPS) is 11.0. The Morgan fingerprint density at radius 2 is 1.93 bits per heavy atom. The second-order valence-corrected chi connectivity index (χ2v) is 5.76. The average Bonchev–Trinajstić information content (AvgIpc) is 2.60. The topological polar surface area (TPSA) is 105 Å². The van der Waals surface area contributed by atoms with Crippen LogP contribution in [0, 0.1) is 10.1 Å². The van der Waals surface area contributed by atoms with E-state index >= 15 is 0 Å². The molecule has 0 unspecified atom stereocenters. The van der Waals surface area contributed by atoms with Gasteiger partial charge < -0.3 is 15.5 Å². The lowest BCUT2D eigenvalue weighted by molar-refractivity contribution is -0.384. The van der Waals surface area contributed by atoms with Gasteiger partial charge in [0.2, 0.25) is 11.8 Å². The Hall–Kier alpha value is -2.85. The summed E-state index contributed by atoms with van der Waals surface area (Å²) >= 11 is 0. The van der Waals surface area contributed by atoms with Crippen molar-refractivity contribution in [2.24, 2.45) is 0 Å². The number of nitrogens with one attached hydrogen (secondary N) is 2. The molecule has 0 aromatic heterocycles. The predicted molar refractivity (Wildman–Crippen MR) is 92.1 cm³/mol. The molecule has 11 heteroatoms. The first-order valence-electron chi connectivity index (χ1n) is 8.10. The van der Waals surface area contributed by atoms with Crippen LogP contribution < -0.4 is 10.6 Å². The van der Waals surface area contributed by atoms with E-state index in [0.29, 0.717) is 19.0 Å². The molecule has 1 aromatic rings. The van der Waals surface area contributed by atoms with Gasteiger partial charge in [0.25, 0.3) is 5.69 Å². The highest BCUT2D eigenvalue weighted by Crippen LogP contribution is 2.34. The van der Waals surface area contributed by atoms with Crippen molar-refractivity contribution in [1.82, 2.24) is 10.2 Å². The van der Waals surface area contributed by atoms with Gasteiger partial charge in [-0.15, -0.1) is 0 Å². The van der Waals surface area contributed by atoms with Crippen molar-refractivity contribution in [3.05, 3.63) is 33.9 Å². The molecule has 1 rings (SSSR count). The first kappa shape index (κ1) is 22.2. The Balaban J connectivity index is 2.59. The van der Waals surface area contributed by atoms with E-state index in [0.717, 1.165) is 12.1 Å². The SMILES string of the molecule is CNC(=O)CCCN(C)C(=O)CCNc1ccc(C(F)(F)F)cc1[N+](=O)[O-]. The number of nitro benzene ring substituents is 1. The summed E-state index contributed by atoms with van der Waals surface area (Å²) in [6.45, 7) is 0.386. The van der Waals surface area contributed by atoms with Crippen LogP contribution in [-0.4, -0.2) is 48.8 Å². The number of alkyl halides is 3. The molecule has 0 aliphatic rings. The van der Waals surface area contributed by atoms with Crippen LogP contribution >= 0.6 is 0 Å². The van der Waals surface area contributed by atoms with Crippen molar-refractivity contribution in [2.45, 2.75) is 25.4 Å². The average molecular weight is 390 g/mol. The van der Waals surface area contributed by atoms with Gasteiger partial charge in [-0.1, -0.05) is 0 Å². The summed E-state index contributed by atoms with van der Waals surface area (Å²) in [4.78, 5) is 34.6. The molecule has 0 saturated carbocycles. The van der Waals surface area contributed by atoms with Crippen molar-refractivity contribution in [1.29, 1.82) is 0 Å². The van der Waals surface area contributed by atoms with E-state index in [1.165, 1.54) is 11.9 Å². The second kappa shape index (κ2) is 9.74. The molecule has 0 aliphatic heterocycles. The van der Waals surface area contributed by atoms with E-state index in [9.17, 15) is 32.9 Å². The minimum absolute atomic E-state index is 0.00531. The Bertz CT molecular complexity index is 695. The number of hydrogen-bond acceptors (Lipinski definition) is 5. The zero-order valence-electron chi connectivity index (χ0n) is 14.9. The molecule has 2 amide bonds. The van der Waals surface area contributed by atoms with Crippen molar-refractivity contribution in [3.8, 4) is 0 Å². The molecule has 0 saturated heterocycles. The molecule has 0 radical (unpaired) electrons. The van der Waals surface area contributed by atoms with E-state index in [1.807, 2.05) is 0 Å². The third-order valence-electron chi connectivity index (χ3n) is 3.78. The van der Waals surface area contributed by atoms with Crippen molar-refractivity contribution < 1.29 is 27.7 Å². The van der Waals surface area contributed by atoms with Gasteiger partial charge in [-0.2, -0.15) is 13.2 Å². The second-order valence-electron chi connectivity index (χ2n) is 5.76. The maximum atomic E-state index is 12.7. The smallest absolute Gasteiger partial charge is 0.379 e. The van der Waals surface area contributed by atoms with E-state index in [1.54, 1.807) is 7.05 Å². The van der Waals surface area contributed by atoms with Crippen molar-refractivity contribution >= 4 is 23.2 Å². The number of nitrogens with zero attached hydrogens (tertiary/aromatic N) is 2. The maximum absolute atomic E-state index is 12.7. The standard InChI is InChI=1S/C16H21F3N4O4/c1-20-14(24)4-3-9-22(2)15(25)7-8-21-12-6-5-11(16(17,18)19)10-13(12)23(26)27/h5-6,10,21H,3-4,7-9H2,1-2H3,(H,20,24). The van der Waals surface area contributed by atoms with Gasteiger partial charge in [0, 0.05) is 46.1 Å². The van der Waals surface area contributed by atoms with Crippen LogP contribution in [0.1, 0.15) is 24.8 Å². The maximum Gasteiger partial charge on any atom is 0.416 e. The fourth-order valence-corrected chi connectivity index (χ4v) is 2.23. The quantitative estimate of drug-likeness (QED) is 0.498. The van der Waals surface area contributed by atoms with E-state index in [2.05, 4.69) is 10.6 Å². The zero-order chi connectivity index (χ0) is 20.6. The number of nitro groups is 1. The van der Waals surface area contributed by atoms with Crippen LogP contribution in [0.4, 0.5) is 24.5 Å². The molecule has 0 fully saturated rings. The summed E-state index contributed by atoms with van der Waals surface area (Å²) in [7, 11) is 3.08. The van der Waals surface area contributed by atoms with Gasteiger partial charge in [0.05, 0.1) is 10.5 Å². The molecule has 0 aliphatic carbocycles. The van der Waals surface area contributed by atoms with Gasteiger partial charge in [-0.25, -0.2) is 0 Å². The molecule has 0 atom stereocenters. The number of anilines is 1. The van der Waals surface area contributed by atoms with E-state index in [-0.39, 0.29) is 36.9 Å². The van der Waals surface area contributed by atoms with Crippen molar-refractivity contribution in [3.63, 3.8) is 0 Å². The largest absolute Gasteiger partial charge is 0.416 e. The molecule has 0 bridgehead atoms. The molecule has 0 spiro atoms. The first-order valence-corrected chi connectivity index (χ1v) is 8.10. The van der Waals surface area contributed by atoms with Gasteiger partial charge >= 0.3 is 6.18 Å². The van der Waals surface area contributed by atoms with E-state index < -0.39 is 22.4 Å². The highest BCUT2D eigenvalue weighted by atomic mass is 19.4. The van der Waals surface area contributed by atoms with Crippen molar-refractivity contribution in [2.75, 3.05) is 32.5 Å². The number of rotatable bonds is 9. The van der Waals surface area contributed by atoms with Crippen LogP contribution in [0.15, 0.2) is 18.2 Å². The van der Waals surface area contributed by atoms with Crippen LogP contribution in [0.5, 0.6) is 0 Å². The Morgan fingerprint density at radius 3 is 2.48 bits per heavy atom. The number of hydrogen-bond donors (Lipinski definition) is 2. The van der Waals surface area contributed by atoms with Crippen LogP contribution in [0.3, 0.4) is 0 Å². The lowest BCUT2D eigenvalue weighted by Gasteiger charge is -2.17. The lowest BCUT2D eigenvalue weighted by Crippen LogP contribution is -2.30. The molecule has 1 aromatic carbocycles. The minimum Gasteiger partial charge on any atom is -0.379 e. The highest BCUT2D eigenvalue weighted by molar-refractivity contribution is 5.77. The number of carbonyl (C=O) groups is 2. The molecular formula is C16H21F3N4O4. The summed E-state index contributed by atoms with van der Waals surface area (Å²) < 4.78 is 38.0. The summed E-state index contributed by atoms with van der Waals surface area (Å²) in [6, 6.07) is 2.16. The molecule has 27 heavy (non-hydrogen) atoms. The summed E-state index contributed by atoms with van der Waals surface area (Å²) in [5.41, 5.74) is -1.93. The number of benzene rings is 1. The molecule has 8 nitrogen and oxygen atoms in total. The Labute approximate surface area is 153 Å². The Morgan fingerprint density at radius 1 is 1.26 bits per heavy atom. The monoisotopic (exact) mass is 390 g/mol. The first-order chi connectivity index (χ1) is 12.6. The third kappa shape index (κ3) is 7.12. The van der Waals surface area contributed by atoms with Gasteiger partial charge in [-0.3, -0.25) is 19.7 Å². The lowest BCUT2D eigenvalue weighted by atomic mass is 10.1. The summed E-state index contributed by atoms with van der Waals surface area (Å²) in [6.07, 6.45) is -3.92. The third-order valence-corrected chi connectivity index (χ3v) is 3.78. The summed E-state index contributed by atoms with van der Waals surface area (Å²) in [5.74, 6) is -0.388. The minimum atomic E-state index is -4.68. The Kier molecular flexibility index (Phi) is 8.00. The molecular weight excluding hydrogens is 369 g/mol. The number of halogens is 3. The number of amides is 2. The van der Waals surface area contributed by atoms with E-state index in [4.69, 9.17) is 0 Å². The number of carbonyl (C=O) groups excluding carboxylic acids is 2. The van der Waals surface area contributed by atoms with Crippen LogP contribution in [-0.2, 0) is 15.8 Å². The highest BCUT2D eigenvalue weighted by Gasteiger charge is 2.33.